The summed E-state index contributed by atoms with van der Waals surface area (Å²) < 4.78 is 59.1. The van der Waals surface area contributed by atoms with Gasteiger partial charge in [-0.2, -0.15) is 8.62 Å². The van der Waals surface area contributed by atoms with E-state index in [-0.39, 0.29) is 29.2 Å². The Balaban J connectivity index is 2.22. The summed E-state index contributed by atoms with van der Waals surface area (Å²) >= 11 is 0. The molecule has 2 rings (SSSR count). The van der Waals surface area contributed by atoms with Crippen LogP contribution in [0.3, 0.4) is 0 Å². The number of nitrogens with two attached hydrogens (primary N) is 1. The lowest BCUT2D eigenvalue weighted by atomic mass is 10.2. The van der Waals surface area contributed by atoms with Crippen LogP contribution in [0.4, 0.5) is 0 Å². The molecule has 2 heterocycles. The summed E-state index contributed by atoms with van der Waals surface area (Å²) in [5, 5.41) is 0. The van der Waals surface area contributed by atoms with Gasteiger partial charge in [0.25, 0.3) is 5.56 Å². The fourth-order valence-electron chi connectivity index (χ4n) is 2.92. The van der Waals surface area contributed by atoms with Crippen LogP contribution in [-0.4, -0.2) is 65.2 Å². The summed E-state index contributed by atoms with van der Waals surface area (Å²) in [5.74, 6) is 5.14. The number of ether oxygens (including phenoxy) is 2. The van der Waals surface area contributed by atoms with Crippen molar-refractivity contribution in [3.8, 4) is 11.8 Å². The molecule has 7 N–H and O–H groups in total. The van der Waals surface area contributed by atoms with E-state index in [4.69, 9.17) is 29.5 Å². The molecule has 1 aliphatic rings. The fourth-order valence-corrected chi connectivity index (χ4v) is 7.95. The molecule has 222 valence electrons. The smallest absolute Gasteiger partial charge is 0.364 e. The molecule has 0 radical (unpaired) electrons. The Morgan fingerprint density at radius 1 is 1.18 bits per heavy atom. The van der Waals surface area contributed by atoms with Crippen LogP contribution in [0.15, 0.2) is 15.8 Å². The van der Waals surface area contributed by atoms with Crippen LogP contribution in [0, 0.1) is 11.8 Å². The molecule has 0 aromatic carbocycles. The predicted octanol–water partition coefficient (Wildman–Crippen LogP) is 1.00. The molecule has 0 amide bonds. The summed E-state index contributed by atoms with van der Waals surface area (Å²) in [6, 6.07) is 0. The van der Waals surface area contributed by atoms with Crippen LogP contribution >= 0.6 is 45.1 Å². The number of nitrogens with zero attached hydrogens (tertiary/aromatic N) is 1. The van der Waals surface area contributed by atoms with Gasteiger partial charge in [-0.1, -0.05) is 54.2 Å². The van der Waals surface area contributed by atoms with Gasteiger partial charge in [-0.3, -0.25) is 18.9 Å². The van der Waals surface area contributed by atoms with Gasteiger partial charge in [-0.05, 0) is 0 Å². The van der Waals surface area contributed by atoms with Crippen molar-refractivity contribution in [2.45, 2.75) is 50.4 Å². The molecular formula is C17H28N3O14P3S2. The monoisotopic (exact) mass is 655 g/mol. The lowest BCUT2D eigenvalue weighted by Crippen LogP contribution is -2.33. The largest absolute Gasteiger partial charge is 0.490 e. The summed E-state index contributed by atoms with van der Waals surface area (Å²) in [4.78, 5) is 63.0. The molecular weight excluding hydrogens is 627 g/mol. The van der Waals surface area contributed by atoms with Crippen LogP contribution < -0.4 is 17.0 Å². The first-order valence-corrected chi connectivity index (χ1v) is 17.6. The van der Waals surface area contributed by atoms with Gasteiger partial charge >= 0.3 is 29.2 Å². The fraction of sp³-hybridized carbons (Fsp3) is 0.647. The molecule has 39 heavy (non-hydrogen) atoms. The second-order valence-corrected chi connectivity index (χ2v) is 16.1. The van der Waals surface area contributed by atoms with Gasteiger partial charge in [-0.15, -0.1) is 0 Å². The van der Waals surface area contributed by atoms with E-state index in [9.17, 15) is 33.1 Å². The van der Waals surface area contributed by atoms with Crippen molar-refractivity contribution in [2.24, 2.45) is 5.73 Å². The Bertz CT molecular complexity index is 1330. The molecule has 1 aromatic rings. The second kappa shape index (κ2) is 13.9. The van der Waals surface area contributed by atoms with E-state index in [1.807, 2.05) is 20.8 Å². The standard InChI is InChI=1S/C17H28N3O14P3S2/c1-17(2,3)39-38-10-30-12-7-14(20-8-11(5-4-6-18)15(21)19-16(20)22)32-13(12)9-31-36(26,27)34-37(28,29)33-35(23,24)25/h8,12-14H,6-7,9-10,18H2,1-3H3,(H,26,27)(H,28,29)(H,19,21,22)(H2,23,24,25)/t12?,13-,14-/m1/s1. The van der Waals surface area contributed by atoms with Gasteiger partial charge in [0.15, 0.2) is 0 Å². The number of hydrogen-bond donors (Lipinski definition) is 6. The van der Waals surface area contributed by atoms with E-state index >= 15 is 0 Å². The van der Waals surface area contributed by atoms with Crippen LogP contribution in [-0.2, 0) is 36.3 Å². The van der Waals surface area contributed by atoms with E-state index in [0.717, 1.165) is 10.8 Å². The number of rotatable bonds is 12. The average Bonchev–Trinajstić information content (AvgIpc) is 3.14. The maximum atomic E-state index is 12.5. The molecule has 1 aromatic heterocycles. The summed E-state index contributed by atoms with van der Waals surface area (Å²) in [6.45, 7) is 5.12. The SMILES string of the molecule is CC(C)(C)SSCOC1C[C@H](n2cc(C#CCN)c(=O)[nH]c2=O)O[C@@H]1COP(=O)(O)OP(=O)(O)OP(=O)(O)O. The highest BCUT2D eigenvalue weighted by Crippen LogP contribution is 2.66. The number of hydrogen-bond acceptors (Lipinski definition) is 13. The van der Waals surface area contributed by atoms with E-state index < -0.39 is 59.8 Å². The Morgan fingerprint density at radius 3 is 2.44 bits per heavy atom. The minimum Gasteiger partial charge on any atom is -0.364 e. The highest BCUT2D eigenvalue weighted by Gasteiger charge is 2.43. The molecule has 1 aliphatic heterocycles. The van der Waals surface area contributed by atoms with E-state index in [2.05, 4.69) is 25.4 Å². The number of phosphoric ester groups is 1. The lowest BCUT2D eigenvalue weighted by molar-refractivity contribution is -0.0543. The van der Waals surface area contributed by atoms with Crippen molar-refractivity contribution in [3.05, 3.63) is 32.6 Å². The molecule has 5 atom stereocenters. The molecule has 0 aliphatic carbocycles. The van der Waals surface area contributed by atoms with Crippen molar-refractivity contribution < 1.29 is 55.9 Å². The topological polar surface area (TPSA) is 259 Å². The summed E-state index contributed by atoms with van der Waals surface area (Å²) in [6.07, 6.45) is -1.92. The van der Waals surface area contributed by atoms with Crippen LogP contribution in [0.25, 0.3) is 0 Å². The zero-order valence-corrected chi connectivity index (χ0v) is 25.0. The summed E-state index contributed by atoms with van der Waals surface area (Å²) in [7, 11) is -13.8. The Kier molecular flexibility index (Phi) is 12.3. The number of aromatic amines is 1. The first kappa shape index (κ1) is 34.4. The maximum absolute atomic E-state index is 12.5. The van der Waals surface area contributed by atoms with Crippen LogP contribution in [0.5, 0.6) is 0 Å². The van der Waals surface area contributed by atoms with E-state index in [1.54, 1.807) is 0 Å². The molecule has 0 saturated carbocycles. The molecule has 22 heteroatoms. The first-order valence-electron chi connectivity index (χ1n) is 10.7. The molecule has 0 bridgehead atoms. The first-order chi connectivity index (χ1) is 17.8. The third-order valence-electron chi connectivity index (χ3n) is 4.24. The highest BCUT2D eigenvalue weighted by atomic mass is 33.1. The summed E-state index contributed by atoms with van der Waals surface area (Å²) in [5.41, 5.74) is 3.67. The number of phosphoric acid groups is 3. The van der Waals surface area contributed by atoms with Crippen molar-refractivity contribution in [3.63, 3.8) is 0 Å². The average molecular weight is 655 g/mol. The van der Waals surface area contributed by atoms with Gasteiger partial charge in [-0.25, -0.2) is 18.5 Å². The van der Waals surface area contributed by atoms with Gasteiger partial charge in [0.1, 0.15) is 23.8 Å². The van der Waals surface area contributed by atoms with Gasteiger partial charge in [0, 0.05) is 17.4 Å². The number of nitrogens with one attached hydrogen (secondary N) is 1. The molecule has 1 fully saturated rings. The van der Waals surface area contributed by atoms with Gasteiger partial charge in [0.05, 0.1) is 19.3 Å². The van der Waals surface area contributed by atoms with Crippen LogP contribution in [0.1, 0.15) is 39.0 Å². The third-order valence-corrected chi connectivity index (χ3v) is 11.0. The number of aromatic nitrogens is 2. The minimum atomic E-state index is -5.72. The van der Waals surface area contributed by atoms with Crippen molar-refractivity contribution in [1.82, 2.24) is 9.55 Å². The molecule has 3 unspecified atom stereocenters. The minimum absolute atomic E-state index is 0.000870. The van der Waals surface area contributed by atoms with Crippen molar-refractivity contribution in [2.75, 3.05) is 19.1 Å². The Labute approximate surface area is 230 Å². The lowest BCUT2D eigenvalue weighted by Gasteiger charge is -2.22. The molecule has 0 spiro atoms. The second-order valence-electron chi connectivity index (χ2n) is 8.60. The van der Waals surface area contributed by atoms with Gasteiger partial charge in [0.2, 0.25) is 0 Å². The molecule has 17 nitrogen and oxygen atoms in total. The zero-order valence-electron chi connectivity index (χ0n) is 20.7. The predicted molar refractivity (Wildman–Crippen MR) is 140 cm³/mol. The highest BCUT2D eigenvalue weighted by molar-refractivity contribution is 8.77. The Hall–Kier alpha value is -0.770. The zero-order chi connectivity index (χ0) is 29.6. The van der Waals surface area contributed by atoms with Crippen molar-refractivity contribution >= 4 is 45.1 Å². The molecule has 1 saturated heterocycles. The van der Waals surface area contributed by atoms with Crippen LogP contribution in [0.2, 0.25) is 0 Å². The van der Waals surface area contributed by atoms with Gasteiger partial charge < -0.3 is 34.8 Å². The third kappa shape index (κ3) is 12.3. The Morgan fingerprint density at radius 2 is 1.85 bits per heavy atom. The quantitative estimate of drug-likeness (QED) is 0.0603. The van der Waals surface area contributed by atoms with E-state index in [1.165, 1.54) is 21.6 Å². The van der Waals surface area contributed by atoms with E-state index in [0.29, 0.717) is 0 Å². The number of H-pyrrole nitrogens is 1. The maximum Gasteiger partial charge on any atom is 0.490 e. The normalized spacial score (nSPS) is 23.0. The van der Waals surface area contributed by atoms with Crippen molar-refractivity contribution in [1.29, 1.82) is 0 Å².